The average molecular weight is 446 g/mol. The minimum atomic E-state index is -0.652. The number of fused-ring (bicyclic) bond motifs is 1. The summed E-state index contributed by atoms with van der Waals surface area (Å²) in [6.45, 7) is 6.72. The van der Waals surface area contributed by atoms with Crippen LogP contribution in [0.1, 0.15) is 26.3 Å². The Balaban J connectivity index is 1.76. The lowest BCUT2D eigenvalue weighted by molar-refractivity contribution is -0.123. The quantitative estimate of drug-likeness (QED) is 0.728. The van der Waals surface area contributed by atoms with Crippen molar-refractivity contribution in [3.05, 3.63) is 47.0 Å². The zero-order valence-electron chi connectivity index (χ0n) is 17.7. The van der Waals surface area contributed by atoms with Crippen LogP contribution < -0.4 is 20.3 Å². The summed E-state index contributed by atoms with van der Waals surface area (Å²) in [7, 11) is 0. The van der Waals surface area contributed by atoms with Gasteiger partial charge in [0.15, 0.2) is 6.61 Å². The largest absolute Gasteiger partial charge is 0.482 e. The zero-order valence-corrected chi connectivity index (χ0v) is 18.5. The Morgan fingerprint density at radius 1 is 1.13 bits per heavy atom. The molecule has 31 heavy (non-hydrogen) atoms. The number of aryl methyl sites for hydroxylation is 1. The molecule has 0 saturated heterocycles. The van der Waals surface area contributed by atoms with E-state index < -0.39 is 17.6 Å². The Morgan fingerprint density at radius 3 is 2.48 bits per heavy atom. The third-order valence-corrected chi connectivity index (χ3v) is 4.71. The Bertz CT molecular complexity index is 1030. The second-order valence-electron chi connectivity index (χ2n) is 8.09. The molecule has 2 N–H and O–H groups in total. The number of amides is 3. The Kier molecular flexibility index (Phi) is 6.40. The van der Waals surface area contributed by atoms with Gasteiger partial charge in [0.1, 0.15) is 17.9 Å². The number of carbonyl (C=O) groups is 3. The third-order valence-electron chi connectivity index (χ3n) is 4.30. The van der Waals surface area contributed by atoms with Crippen LogP contribution in [0.2, 0.25) is 5.02 Å². The van der Waals surface area contributed by atoms with Crippen molar-refractivity contribution >= 4 is 46.6 Å². The first-order valence-corrected chi connectivity index (χ1v) is 10.0. The van der Waals surface area contributed by atoms with Gasteiger partial charge in [0.2, 0.25) is 5.91 Å². The molecule has 2 aromatic rings. The molecule has 1 heterocycles. The lowest BCUT2D eigenvalue weighted by Crippen LogP contribution is -2.43. The second kappa shape index (κ2) is 8.85. The number of nitrogens with zero attached hydrogens (tertiary/aromatic N) is 1. The standard InChI is InChI=1S/C22H24ClN3O5/c1-13-5-6-14(9-16(13)23)24-19(27)11-26-17-10-15(25-21(29)31-22(2,3)4)7-8-18(17)30-12-20(26)28/h5-10H,11-12H2,1-4H3,(H,24,27)(H,25,29). The molecule has 3 rings (SSSR count). The van der Waals surface area contributed by atoms with E-state index >= 15 is 0 Å². The van der Waals surface area contributed by atoms with E-state index in [-0.39, 0.29) is 19.1 Å². The summed E-state index contributed by atoms with van der Waals surface area (Å²) in [6.07, 6.45) is -0.629. The van der Waals surface area contributed by atoms with Crippen LogP contribution in [0.5, 0.6) is 5.75 Å². The monoisotopic (exact) mass is 445 g/mol. The molecule has 164 valence electrons. The SMILES string of the molecule is Cc1ccc(NC(=O)CN2C(=O)COc3ccc(NC(=O)OC(C)(C)C)cc32)cc1Cl. The molecule has 0 saturated carbocycles. The van der Waals surface area contributed by atoms with Crippen LogP contribution in [0.15, 0.2) is 36.4 Å². The van der Waals surface area contributed by atoms with Crippen molar-refractivity contribution in [1.82, 2.24) is 0 Å². The molecule has 0 radical (unpaired) electrons. The van der Waals surface area contributed by atoms with Crippen LogP contribution in [0.3, 0.4) is 0 Å². The minimum absolute atomic E-state index is 0.185. The summed E-state index contributed by atoms with van der Waals surface area (Å²) < 4.78 is 10.7. The number of hydrogen-bond acceptors (Lipinski definition) is 5. The third kappa shape index (κ3) is 5.88. The highest BCUT2D eigenvalue weighted by Gasteiger charge is 2.28. The highest BCUT2D eigenvalue weighted by Crippen LogP contribution is 2.34. The smallest absolute Gasteiger partial charge is 0.412 e. The maximum atomic E-state index is 12.6. The van der Waals surface area contributed by atoms with Crippen molar-refractivity contribution in [1.29, 1.82) is 0 Å². The molecule has 0 aliphatic carbocycles. The normalized spacial score (nSPS) is 13.2. The highest BCUT2D eigenvalue weighted by molar-refractivity contribution is 6.31. The predicted molar refractivity (Wildman–Crippen MR) is 119 cm³/mol. The minimum Gasteiger partial charge on any atom is -0.482 e. The lowest BCUT2D eigenvalue weighted by atomic mass is 10.2. The summed E-state index contributed by atoms with van der Waals surface area (Å²) >= 11 is 6.10. The van der Waals surface area contributed by atoms with Gasteiger partial charge in [-0.05, 0) is 63.6 Å². The van der Waals surface area contributed by atoms with Gasteiger partial charge in [-0.15, -0.1) is 0 Å². The maximum absolute atomic E-state index is 12.6. The molecule has 0 aromatic heterocycles. The highest BCUT2D eigenvalue weighted by atomic mass is 35.5. The van der Waals surface area contributed by atoms with E-state index in [9.17, 15) is 14.4 Å². The van der Waals surface area contributed by atoms with Crippen molar-refractivity contribution in [2.45, 2.75) is 33.3 Å². The van der Waals surface area contributed by atoms with Gasteiger partial charge in [-0.1, -0.05) is 17.7 Å². The van der Waals surface area contributed by atoms with Gasteiger partial charge < -0.3 is 14.8 Å². The van der Waals surface area contributed by atoms with E-state index in [0.29, 0.717) is 27.8 Å². The van der Waals surface area contributed by atoms with Crippen LogP contribution in [0.4, 0.5) is 21.9 Å². The van der Waals surface area contributed by atoms with E-state index in [1.54, 1.807) is 57.2 Å². The van der Waals surface area contributed by atoms with Crippen LogP contribution in [-0.2, 0) is 14.3 Å². The van der Waals surface area contributed by atoms with Crippen LogP contribution in [-0.4, -0.2) is 36.7 Å². The van der Waals surface area contributed by atoms with E-state index in [2.05, 4.69) is 10.6 Å². The first-order chi connectivity index (χ1) is 14.5. The van der Waals surface area contributed by atoms with Gasteiger partial charge in [-0.2, -0.15) is 0 Å². The number of rotatable bonds is 4. The summed E-state index contributed by atoms with van der Waals surface area (Å²) in [4.78, 5) is 38.4. The average Bonchev–Trinajstić information content (AvgIpc) is 2.65. The molecule has 0 spiro atoms. The van der Waals surface area contributed by atoms with Crippen LogP contribution in [0.25, 0.3) is 0 Å². The number of ether oxygens (including phenoxy) is 2. The second-order valence-corrected chi connectivity index (χ2v) is 8.50. The number of nitrogens with one attached hydrogen (secondary N) is 2. The molecule has 2 aromatic carbocycles. The first kappa shape index (κ1) is 22.4. The fourth-order valence-electron chi connectivity index (χ4n) is 2.89. The zero-order chi connectivity index (χ0) is 22.8. The Hall–Kier alpha value is -3.26. The van der Waals surface area contributed by atoms with E-state index in [1.807, 2.05) is 6.92 Å². The number of halogens is 1. The van der Waals surface area contributed by atoms with Crippen molar-refractivity contribution in [2.75, 3.05) is 28.7 Å². The molecule has 0 unspecified atom stereocenters. The van der Waals surface area contributed by atoms with Gasteiger partial charge >= 0.3 is 6.09 Å². The number of anilines is 3. The van der Waals surface area contributed by atoms with E-state index in [0.717, 1.165) is 5.56 Å². The van der Waals surface area contributed by atoms with Crippen molar-refractivity contribution in [2.24, 2.45) is 0 Å². The van der Waals surface area contributed by atoms with E-state index in [1.165, 1.54) is 4.90 Å². The summed E-state index contributed by atoms with van der Waals surface area (Å²) in [6, 6.07) is 9.99. The molecule has 3 amide bonds. The molecule has 8 nitrogen and oxygen atoms in total. The molecule has 1 aliphatic rings. The van der Waals surface area contributed by atoms with Gasteiger partial charge in [0, 0.05) is 16.4 Å². The molecule has 1 aliphatic heterocycles. The summed E-state index contributed by atoms with van der Waals surface area (Å²) in [5.41, 5.74) is 1.55. The number of benzene rings is 2. The topological polar surface area (TPSA) is 97.0 Å². The lowest BCUT2D eigenvalue weighted by Gasteiger charge is -2.29. The fourth-order valence-corrected chi connectivity index (χ4v) is 3.07. The van der Waals surface area contributed by atoms with Crippen molar-refractivity contribution in [3.8, 4) is 5.75 Å². The molecule has 0 fully saturated rings. The molecular weight excluding hydrogens is 422 g/mol. The number of hydrogen-bond donors (Lipinski definition) is 2. The Morgan fingerprint density at radius 2 is 1.81 bits per heavy atom. The van der Waals surface area contributed by atoms with E-state index in [4.69, 9.17) is 21.1 Å². The summed E-state index contributed by atoms with van der Waals surface area (Å²) in [5.74, 6) is -0.342. The van der Waals surface area contributed by atoms with Crippen LogP contribution >= 0.6 is 11.6 Å². The Labute approximate surface area is 185 Å². The number of carbonyl (C=O) groups excluding carboxylic acids is 3. The predicted octanol–water partition coefficient (Wildman–Crippen LogP) is 4.36. The van der Waals surface area contributed by atoms with Gasteiger partial charge in [-0.3, -0.25) is 19.8 Å². The maximum Gasteiger partial charge on any atom is 0.412 e. The molecule has 9 heteroatoms. The van der Waals surface area contributed by atoms with Gasteiger partial charge in [-0.25, -0.2) is 4.79 Å². The van der Waals surface area contributed by atoms with Crippen LogP contribution in [0, 0.1) is 6.92 Å². The van der Waals surface area contributed by atoms with Gasteiger partial charge in [0.05, 0.1) is 5.69 Å². The molecule has 0 atom stereocenters. The summed E-state index contributed by atoms with van der Waals surface area (Å²) in [5, 5.41) is 5.88. The first-order valence-electron chi connectivity index (χ1n) is 9.65. The van der Waals surface area contributed by atoms with Crippen molar-refractivity contribution < 1.29 is 23.9 Å². The molecular formula is C22H24ClN3O5. The fraction of sp³-hybridized carbons (Fsp3) is 0.318. The molecule has 0 bridgehead atoms. The van der Waals surface area contributed by atoms with Crippen molar-refractivity contribution in [3.63, 3.8) is 0 Å². The van der Waals surface area contributed by atoms with Gasteiger partial charge in [0.25, 0.3) is 5.91 Å².